The van der Waals surface area contributed by atoms with E-state index in [0.29, 0.717) is 30.5 Å². The van der Waals surface area contributed by atoms with Crippen molar-refractivity contribution >= 4 is 45.0 Å². The van der Waals surface area contributed by atoms with Crippen molar-refractivity contribution in [3.05, 3.63) is 118 Å². The number of carbonyl (C=O) groups is 1. The molecule has 3 aromatic carbocycles. The first-order valence-electron chi connectivity index (χ1n) is 11.0. The van der Waals surface area contributed by atoms with Crippen molar-refractivity contribution in [2.24, 2.45) is 5.10 Å². The van der Waals surface area contributed by atoms with Crippen molar-refractivity contribution in [1.29, 1.82) is 0 Å². The van der Waals surface area contributed by atoms with Crippen molar-refractivity contribution < 1.29 is 23.4 Å². The van der Waals surface area contributed by atoms with E-state index in [9.17, 15) is 23.4 Å². The number of nitrogens with zero attached hydrogens (tertiary/aromatic N) is 3. The minimum absolute atomic E-state index is 0.0556. The molecule has 0 aromatic heterocycles. The van der Waals surface area contributed by atoms with Crippen LogP contribution in [0, 0.1) is 0 Å². The Kier molecular flexibility index (Phi) is 7.45. The molecule has 2 amide bonds. The number of carbonyl (C=O) groups excluding carboxylic acids is 1. The smallest absolute Gasteiger partial charge is 0.356 e. The Labute approximate surface area is 224 Å². The second-order valence-corrected chi connectivity index (χ2v) is 11.3. The third-order valence-corrected chi connectivity index (χ3v) is 8.62. The fourth-order valence-electron chi connectivity index (χ4n) is 4.05. The summed E-state index contributed by atoms with van der Waals surface area (Å²) in [6.45, 7) is 3.61. The molecule has 0 saturated heterocycles. The van der Waals surface area contributed by atoms with E-state index in [0.717, 1.165) is 7.05 Å². The summed E-state index contributed by atoms with van der Waals surface area (Å²) in [5.74, 6) is 0. The van der Waals surface area contributed by atoms with Gasteiger partial charge in [0.2, 0.25) is 10.0 Å². The van der Waals surface area contributed by atoms with Gasteiger partial charge in [0.15, 0.2) is 11.8 Å². The molecule has 2 unspecified atom stereocenters. The second-order valence-electron chi connectivity index (χ2n) is 8.31. The summed E-state index contributed by atoms with van der Waals surface area (Å²) in [5, 5.41) is 27.3. The standard InChI is InChI=1S/C26H23Cl2N3O5S/c1-3-22(17-9-13-20(27)14-10-17)37(35,36)30(2)25(33)31-24(32)26(34,19-7-5-4-6-8-19)23(29-31)18-11-15-21(28)16-12-18/h3-16,22,24,32,34H,1H2,2H3/t22?,24?,26-/m0/s1. The van der Waals surface area contributed by atoms with E-state index in [2.05, 4.69) is 11.7 Å². The van der Waals surface area contributed by atoms with Gasteiger partial charge in [0.25, 0.3) is 0 Å². The molecule has 3 aromatic rings. The van der Waals surface area contributed by atoms with Crippen molar-refractivity contribution in [2.75, 3.05) is 7.05 Å². The van der Waals surface area contributed by atoms with Crippen molar-refractivity contribution in [2.45, 2.75) is 17.1 Å². The average Bonchev–Trinajstić information content (AvgIpc) is 3.17. The lowest BCUT2D eigenvalue weighted by molar-refractivity contribution is -0.0825. The maximum absolute atomic E-state index is 13.5. The summed E-state index contributed by atoms with van der Waals surface area (Å²) < 4.78 is 27.3. The number of amides is 2. The van der Waals surface area contributed by atoms with Crippen LogP contribution in [-0.4, -0.2) is 53.0 Å². The summed E-state index contributed by atoms with van der Waals surface area (Å²) in [7, 11) is -3.32. The first kappa shape index (κ1) is 26.8. The van der Waals surface area contributed by atoms with Crippen LogP contribution < -0.4 is 0 Å². The molecular formula is C26H23Cl2N3O5S. The zero-order chi connectivity index (χ0) is 27.0. The number of hydrogen-bond donors (Lipinski definition) is 2. The van der Waals surface area contributed by atoms with E-state index in [1.54, 1.807) is 54.6 Å². The van der Waals surface area contributed by atoms with E-state index >= 15 is 0 Å². The van der Waals surface area contributed by atoms with Crippen molar-refractivity contribution in [3.8, 4) is 0 Å². The van der Waals surface area contributed by atoms with Crippen molar-refractivity contribution in [3.63, 3.8) is 0 Å². The van der Waals surface area contributed by atoms with Gasteiger partial charge in [-0.2, -0.15) is 10.1 Å². The Balaban J connectivity index is 1.75. The van der Waals surface area contributed by atoms with E-state index in [1.807, 2.05) is 0 Å². The van der Waals surface area contributed by atoms with Gasteiger partial charge in [0, 0.05) is 22.7 Å². The third kappa shape index (κ3) is 4.76. The first-order chi connectivity index (χ1) is 17.5. The van der Waals surface area contributed by atoms with Gasteiger partial charge in [-0.15, -0.1) is 6.58 Å². The Morgan fingerprint density at radius 3 is 2.14 bits per heavy atom. The van der Waals surface area contributed by atoms with Gasteiger partial charge in [-0.05, 0) is 35.4 Å². The summed E-state index contributed by atoms with van der Waals surface area (Å²) in [6.07, 6.45) is -0.755. The van der Waals surface area contributed by atoms with Gasteiger partial charge in [-0.25, -0.2) is 17.5 Å². The SMILES string of the molecule is C=CC(c1ccc(Cl)cc1)S(=O)(=O)N(C)C(=O)N1N=C(c2ccc(Cl)cc2)[C@@](O)(c2ccccc2)C1O. The van der Waals surface area contributed by atoms with Crippen molar-refractivity contribution in [1.82, 2.24) is 9.31 Å². The highest BCUT2D eigenvalue weighted by molar-refractivity contribution is 7.90. The minimum atomic E-state index is -4.37. The molecule has 1 aliphatic heterocycles. The number of hydrogen-bond acceptors (Lipinski definition) is 6. The van der Waals surface area contributed by atoms with Crippen LogP contribution in [0.1, 0.15) is 21.9 Å². The van der Waals surface area contributed by atoms with Crippen LogP contribution in [0.2, 0.25) is 10.0 Å². The monoisotopic (exact) mass is 559 g/mol. The highest BCUT2D eigenvalue weighted by Crippen LogP contribution is 2.38. The van der Waals surface area contributed by atoms with Crippen LogP contribution in [0.3, 0.4) is 0 Å². The lowest BCUT2D eigenvalue weighted by atomic mass is 9.84. The largest absolute Gasteiger partial charge is 0.374 e. The van der Waals surface area contributed by atoms with E-state index in [4.69, 9.17) is 23.2 Å². The molecule has 0 radical (unpaired) electrons. The highest BCUT2D eigenvalue weighted by Gasteiger charge is 2.54. The molecule has 192 valence electrons. The number of benzene rings is 3. The molecule has 0 bridgehead atoms. The normalized spacial score (nSPS) is 20.3. The fourth-order valence-corrected chi connectivity index (χ4v) is 5.69. The van der Waals surface area contributed by atoms with Gasteiger partial charge >= 0.3 is 6.03 Å². The van der Waals surface area contributed by atoms with E-state index in [1.165, 1.54) is 30.3 Å². The van der Waals surface area contributed by atoms with Crippen LogP contribution in [0.4, 0.5) is 4.79 Å². The fraction of sp³-hybridized carbons (Fsp3) is 0.154. The van der Waals surface area contributed by atoms with Crippen LogP contribution in [-0.2, 0) is 15.6 Å². The summed E-state index contributed by atoms with van der Waals surface area (Å²) >= 11 is 11.9. The lowest BCUT2D eigenvalue weighted by Gasteiger charge is -2.32. The maximum Gasteiger partial charge on any atom is 0.356 e. The summed E-state index contributed by atoms with van der Waals surface area (Å²) in [4.78, 5) is 13.5. The number of urea groups is 1. The van der Waals surface area contributed by atoms with Crippen LogP contribution >= 0.6 is 23.2 Å². The topological polar surface area (TPSA) is 111 Å². The van der Waals surface area contributed by atoms with Crippen LogP contribution in [0.15, 0.2) is 96.6 Å². The molecule has 1 aliphatic rings. The molecule has 2 N–H and O–H groups in total. The number of aliphatic hydroxyl groups excluding tert-OH is 1. The van der Waals surface area contributed by atoms with E-state index in [-0.39, 0.29) is 11.3 Å². The molecule has 1 heterocycles. The molecule has 37 heavy (non-hydrogen) atoms. The Bertz CT molecular complexity index is 1450. The predicted octanol–water partition coefficient (Wildman–Crippen LogP) is 4.53. The Hall–Kier alpha value is -3.21. The third-order valence-electron chi connectivity index (χ3n) is 6.09. The first-order valence-corrected chi connectivity index (χ1v) is 13.3. The molecule has 11 heteroatoms. The summed E-state index contributed by atoms with van der Waals surface area (Å²) in [6, 6.07) is 19.4. The number of aliphatic hydroxyl groups is 2. The maximum atomic E-state index is 13.5. The predicted molar refractivity (Wildman–Crippen MR) is 143 cm³/mol. The van der Waals surface area contributed by atoms with E-state index < -0.39 is 33.1 Å². The molecular weight excluding hydrogens is 537 g/mol. The lowest BCUT2D eigenvalue weighted by Crippen LogP contribution is -2.52. The zero-order valence-corrected chi connectivity index (χ0v) is 21.9. The Morgan fingerprint density at radius 2 is 1.59 bits per heavy atom. The van der Waals surface area contributed by atoms with Crippen LogP contribution in [0.25, 0.3) is 0 Å². The molecule has 0 spiro atoms. The average molecular weight is 560 g/mol. The number of halogens is 2. The molecule has 3 atom stereocenters. The van der Waals surface area contributed by atoms with Crippen LogP contribution in [0.5, 0.6) is 0 Å². The molecule has 0 fully saturated rings. The number of rotatable bonds is 6. The van der Waals surface area contributed by atoms with Gasteiger partial charge in [0.1, 0.15) is 11.0 Å². The molecule has 8 nitrogen and oxygen atoms in total. The zero-order valence-electron chi connectivity index (χ0n) is 19.6. The molecule has 0 aliphatic carbocycles. The van der Waals surface area contributed by atoms with Gasteiger partial charge in [-0.3, -0.25) is 0 Å². The second kappa shape index (κ2) is 10.3. The van der Waals surface area contributed by atoms with Gasteiger partial charge in [-0.1, -0.05) is 83.9 Å². The highest BCUT2D eigenvalue weighted by atomic mass is 35.5. The van der Waals surface area contributed by atoms with Gasteiger partial charge < -0.3 is 10.2 Å². The Morgan fingerprint density at radius 1 is 1.05 bits per heavy atom. The summed E-state index contributed by atoms with van der Waals surface area (Å²) in [5.41, 5.74) is -1.25. The number of hydrazone groups is 1. The molecule has 4 rings (SSSR count). The number of sulfonamides is 1. The molecule has 0 saturated carbocycles. The van der Waals surface area contributed by atoms with Gasteiger partial charge in [0.05, 0.1) is 0 Å². The quantitative estimate of drug-likeness (QED) is 0.431. The minimum Gasteiger partial charge on any atom is -0.374 e.